The molecule has 0 fully saturated rings. The summed E-state index contributed by atoms with van der Waals surface area (Å²) in [5, 5.41) is 11.0. The van der Waals surface area contributed by atoms with E-state index >= 15 is 0 Å². The summed E-state index contributed by atoms with van der Waals surface area (Å²) >= 11 is 3.10. The van der Waals surface area contributed by atoms with E-state index in [-0.39, 0.29) is 18.9 Å². The number of hydrogen-bond acceptors (Lipinski definition) is 3. The quantitative estimate of drug-likeness (QED) is 0.832. The van der Waals surface area contributed by atoms with E-state index in [1.165, 1.54) is 19.1 Å². The Kier molecular flexibility index (Phi) is 5.75. The van der Waals surface area contributed by atoms with Gasteiger partial charge in [-0.15, -0.1) is 0 Å². The Labute approximate surface area is 117 Å². The lowest BCUT2D eigenvalue weighted by Crippen LogP contribution is -2.34. The summed E-state index contributed by atoms with van der Waals surface area (Å²) in [5.41, 5.74) is 0. The average Bonchev–Trinajstić information content (AvgIpc) is 2.34. The first-order chi connectivity index (χ1) is 8.90. The van der Waals surface area contributed by atoms with Crippen LogP contribution in [0.2, 0.25) is 0 Å². The molecule has 1 amide bonds. The molecule has 19 heavy (non-hydrogen) atoms. The van der Waals surface area contributed by atoms with Crippen molar-refractivity contribution < 1.29 is 23.8 Å². The van der Waals surface area contributed by atoms with Crippen molar-refractivity contribution in [1.82, 2.24) is 5.32 Å². The zero-order valence-electron chi connectivity index (χ0n) is 10.2. The second-order valence-corrected chi connectivity index (χ2v) is 4.82. The first kappa shape index (κ1) is 15.4. The van der Waals surface area contributed by atoms with Crippen molar-refractivity contribution in [3.05, 3.63) is 28.5 Å². The van der Waals surface area contributed by atoms with Crippen LogP contribution in [0.5, 0.6) is 5.75 Å². The van der Waals surface area contributed by atoms with Gasteiger partial charge in [-0.1, -0.05) is 22.9 Å². The minimum Gasteiger partial charge on any atom is -0.481 e. The Morgan fingerprint density at radius 3 is 2.79 bits per heavy atom. The molecular formula is C12H13BrFNO4. The largest absolute Gasteiger partial charge is 0.481 e. The van der Waals surface area contributed by atoms with Crippen LogP contribution in [0.3, 0.4) is 0 Å². The molecule has 7 heteroatoms. The van der Waals surface area contributed by atoms with Gasteiger partial charge in [-0.25, -0.2) is 4.39 Å². The topological polar surface area (TPSA) is 75.6 Å². The van der Waals surface area contributed by atoms with Crippen LogP contribution in [0.25, 0.3) is 0 Å². The number of carbonyl (C=O) groups excluding carboxylic acids is 1. The Morgan fingerprint density at radius 2 is 2.21 bits per heavy atom. The minimum atomic E-state index is -1.000. The van der Waals surface area contributed by atoms with Gasteiger partial charge < -0.3 is 15.2 Å². The number of nitrogens with one attached hydrogen (secondary N) is 1. The smallest absolute Gasteiger partial charge is 0.308 e. The predicted molar refractivity (Wildman–Crippen MR) is 69.4 cm³/mol. The Bertz CT molecular complexity index is 481. The molecule has 0 bridgehead atoms. The molecule has 1 unspecified atom stereocenters. The molecule has 0 aromatic heterocycles. The molecule has 0 saturated carbocycles. The highest BCUT2D eigenvalue weighted by atomic mass is 79.9. The van der Waals surface area contributed by atoms with E-state index in [0.717, 1.165) is 0 Å². The lowest BCUT2D eigenvalue weighted by atomic mass is 10.2. The van der Waals surface area contributed by atoms with Gasteiger partial charge in [0.1, 0.15) is 0 Å². The molecule has 1 atom stereocenters. The Hall–Kier alpha value is -1.63. The van der Waals surface area contributed by atoms with Gasteiger partial charge in [-0.05, 0) is 18.2 Å². The number of benzene rings is 1. The van der Waals surface area contributed by atoms with Crippen LogP contribution in [0.4, 0.5) is 4.39 Å². The fourth-order valence-corrected chi connectivity index (χ4v) is 1.47. The van der Waals surface area contributed by atoms with E-state index in [0.29, 0.717) is 4.47 Å². The molecule has 104 valence electrons. The maximum atomic E-state index is 13.4. The molecule has 2 N–H and O–H groups in total. The van der Waals surface area contributed by atoms with Gasteiger partial charge in [0.2, 0.25) is 0 Å². The third-order valence-electron chi connectivity index (χ3n) is 2.28. The van der Waals surface area contributed by atoms with Crippen molar-refractivity contribution in [1.29, 1.82) is 0 Å². The summed E-state index contributed by atoms with van der Waals surface area (Å²) in [5.74, 6) is -2.81. The zero-order valence-corrected chi connectivity index (χ0v) is 11.7. The highest BCUT2D eigenvalue weighted by molar-refractivity contribution is 9.10. The van der Waals surface area contributed by atoms with Crippen LogP contribution < -0.4 is 10.1 Å². The number of halogens is 2. The molecule has 1 aromatic rings. The zero-order chi connectivity index (χ0) is 14.4. The normalized spacial score (nSPS) is 11.7. The van der Waals surface area contributed by atoms with Crippen molar-refractivity contribution in [3.63, 3.8) is 0 Å². The van der Waals surface area contributed by atoms with Crippen LogP contribution >= 0.6 is 15.9 Å². The van der Waals surface area contributed by atoms with Gasteiger partial charge in [-0.3, -0.25) is 9.59 Å². The van der Waals surface area contributed by atoms with Gasteiger partial charge in [-0.2, -0.15) is 0 Å². The maximum Gasteiger partial charge on any atom is 0.308 e. The maximum absolute atomic E-state index is 13.4. The summed E-state index contributed by atoms with van der Waals surface area (Å²) in [6.07, 6.45) is 0. The highest BCUT2D eigenvalue weighted by Crippen LogP contribution is 2.21. The van der Waals surface area contributed by atoms with Crippen molar-refractivity contribution >= 4 is 27.8 Å². The van der Waals surface area contributed by atoms with Crippen LogP contribution in [-0.2, 0) is 9.59 Å². The van der Waals surface area contributed by atoms with Gasteiger partial charge in [0.15, 0.2) is 18.2 Å². The number of ether oxygens (including phenoxy) is 1. The van der Waals surface area contributed by atoms with E-state index in [2.05, 4.69) is 21.2 Å². The van der Waals surface area contributed by atoms with Crippen LogP contribution in [0.15, 0.2) is 22.7 Å². The molecule has 0 aliphatic carbocycles. The van der Waals surface area contributed by atoms with Gasteiger partial charge in [0.25, 0.3) is 5.91 Å². The predicted octanol–water partition coefficient (Wildman–Crippen LogP) is 1.80. The SMILES string of the molecule is CC(CNC(=O)COc1ccc(Br)cc1F)C(=O)O. The third-order valence-corrected chi connectivity index (χ3v) is 2.77. The first-order valence-corrected chi connectivity index (χ1v) is 6.27. The molecule has 0 radical (unpaired) electrons. The molecule has 0 heterocycles. The number of hydrogen-bond donors (Lipinski definition) is 2. The third kappa shape index (κ3) is 5.25. The molecule has 5 nitrogen and oxygen atoms in total. The number of carbonyl (C=O) groups is 2. The molecule has 0 saturated heterocycles. The summed E-state index contributed by atoms with van der Waals surface area (Å²) in [4.78, 5) is 21.9. The van der Waals surface area contributed by atoms with Gasteiger partial charge in [0.05, 0.1) is 5.92 Å². The van der Waals surface area contributed by atoms with Crippen molar-refractivity contribution in [2.45, 2.75) is 6.92 Å². The Morgan fingerprint density at radius 1 is 1.53 bits per heavy atom. The van der Waals surface area contributed by atoms with E-state index in [1.54, 1.807) is 6.07 Å². The molecule has 1 aromatic carbocycles. The number of rotatable bonds is 6. The number of aliphatic carboxylic acids is 1. The average molecular weight is 334 g/mol. The monoisotopic (exact) mass is 333 g/mol. The first-order valence-electron chi connectivity index (χ1n) is 5.47. The van der Waals surface area contributed by atoms with E-state index < -0.39 is 23.6 Å². The minimum absolute atomic E-state index is 0.000344. The van der Waals surface area contributed by atoms with Crippen molar-refractivity contribution in [3.8, 4) is 5.75 Å². The van der Waals surface area contributed by atoms with E-state index in [9.17, 15) is 14.0 Å². The number of amides is 1. The van der Waals surface area contributed by atoms with E-state index in [1.807, 2.05) is 0 Å². The summed E-state index contributed by atoms with van der Waals surface area (Å²) in [6, 6.07) is 4.20. The highest BCUT2D eigenvalue weighted by Gasteiger charge is 2.13. The fourth-order valence-electron chi connectivity index (χ4n) is 1.14. The number of carboxylic acid groups (broad SMARTS) is 1. The molecular weight excluding hydrogens is 321 g/mol. The lowest BCUT2D eigenvalue weighted by molar-refractivity contribution is -0.141. The molecule has 1 rings (SSSR count). The summed E-state index contributed by atoms with van der Waals surface area (Å²) < 4.78 is 18.9. The number of carboxylic acids is 1. The fraction of sp³-hybridized carbons (Fsp3) is 0.333. The van der Waals surface area contributed by atoms with Crippen LogP contribution in [0, 0.1) is 11.7 Å². The summed E-state index contributed by atoms with van der Waals surface area (Å²) in [6.45, 7) is 1.10. The second kappa shape index (κ2) is 7.08. The van der Waals surface area contributed by atoms with Crippen molar-refractivity contribution in [2.24, 2.45) is 5.92 Å². The molecule has 0 aliphatic heterocycles. The molecule has 0 aliphatic rings. The van der Waals surface area contributed by atoms with Gasteiger partial charge in [0, 0.05) is 11.0 Å². The van der Waals surface area contributed by atoms with E-state index in [4.69, 9.17) is 9.84 Å². The van der Waals surface area contributed by atoms with Gasteiger partial charge >= 0.3 is 5.97 Å². The van der Waals surface area contributed by atoms with Crippen LogP contribution in [0.1, 0.15) is 6.92 Å². The molecule has 0 spiro atoms. The van der Waals surface area contributed by atoms with Crippen molar-refractivity contribution in [2.75, 3.05) is 13.2 Å². The Balaban J connectivity index is 2.40. The standard InChI is InChI=1S/C12H13BrFNO4/c1-7(12(17)18)5-15-11(16)6-19-10-3-2-8(13)4-9(10)14/h2-4,7H,5-6H2,1H3,(H,15,16)(H,17,18). The second-order valence-electron chi connectivity index (χ2n) is 3.91. The summed E-state index contributed by atoms with van der Waals surface area (Å²) in [7, 11) is 0. The van der Waals surface area contributed by atoms with Crippen LogP contribution in [-0.4, -0.2) is 30.1 Å². The lowest BCUT2D eigenvalue weighted by Gasteiger charge is -2.10.